The normalized spacial score (nSPS) is 10.3. The number of anilines is 2. The van der Waals surface area contributed by atoms with Crippen molar-refractivity contribution in [2.45, 2.75) is 0 Å². The number of nitrogens with two attached hydrogens (primary N) is 1. The van der Waals surface area contributed by atoms with E-state index in [-0.39, 0.29) is 23.4 Å². The van der Waals surface area contributed by atoms with Gasteiger partial charge in [-0.1, -0.05) is 12.6 Å². The van der Waals surface area contributed by atoms with Gasteiger partial charge in [-0.25, -0.2) is 19.3 Å². The van der Waals surface area contributed by atoms with Crippen LogP contribution < -0.4 is 20.5 Å². The summed E-state index contributed by atoms with van der Waals surface area (Å²) in [5, 5.41) is 2.67. The van der Waals surface area contributed by atoms with Crippen molar-refractivity contribution >= 4 is 17.4 Å². The molecule has 2 aromatic heterocycles. The summed E-state index contributed by atoms with van der Waals surface area (Å²) in [6.07, 6.45) is 4.01. The minimum Gasteiger partial charge on any atom is -0.439 e. The van der Waals surface area contributed by atoms with E-state index in [1.54, 1.807) is 42.6 Å². The molecule has 0 unspecified atom stereocenters. The number of nitrogens with one attached hydrogen (secondary N) is 1. The van der Waals surface area contributed by atoms with Crippen LogP contribution >= 0.6 is 0 Å². The maximum atomic E-state index is 13.1. The summed E-state index contributed by atoms with van der Waals surface area (Å²) in [4.78, 5) is 24.1. The first-order valence-corrected chi connectivity index (χ1v) is 9.73. The highest BCUT2D eigenvalue weighted by Gasteiger charge is 2.15. The molecule has 0 aliphatic heterocycles. The van der Waals surface area contributed by atoms with Crippen LogP contribution in [-0.4, -0.2) is 20.9 Å². The van der Waals surface area contributed by atoms with Gasteiger partial charge in [0.15, 0.2) is 0 Å². The molecular weight excluding hydrogens is 425 g/mol. The van der Waals surface area contributed by atoms with Gasteiger partial charge in [-0.05, 0) is 48.5 Å². The number of nitrogens with zero attached hydrogens (tertiary/aromatic N) is 3. The standard InChI is InChI=1S/C24H18FN5O3/c1-2-20(31)30-17-4-3-5-19(12-17)33-24-22(23(26)28-14-29-24)15-6-11-21(27-13-15)32-18-9-7-16(25)8-10-18/h2-14H,1H2,(H,30,31)(H2,26,28,29). The van der Waals surface area contributed by atoms with E-state index >= 15 is 0 Å². The molecule has 2 heterocycles. The lowest BCUT2D eigenvalue weighted by atomic mass is 10.1. The van der Waals surface area contributed by atoms with E-state index in [1.807, 2.05) is 0 Å². The molecule has 1 amide bonds. The second-order valence-corrected chi connectivity index (χ2v) is 6.70. The average molecular weight is 443 g/mol. The Morgan fingerprint density at radius 1 is 1.00 bits per heavy atom. The fourth-order valence-corrected chi connectivity index (χ4v) is 2.89. The van der Waals surface area contributed by atoms with E-state index in [4.69, 9.17) is 15.2 Å². The number of nitrogen functional groups attached to an aromatic ring is 1. The summed E-state index contributed by atoms with van der Waals surface area (Å²) in [5.41, 5.74) is 7.68. The minimum absolute atomic E-state index is 0.199. The lowest BCUT2D eigenvalue weighted by Crippen LogP contribution is -2.07. The number of ether oxygens (including phenoxy) is 2. The van der Waals surface area contributed by atoms with Gasteiger partial charge in [-0.15, -0.1) is 0 Å². The molecule has 0 saturated carbocycles. The smallest absolute Gasteiger partial charge is 0.247 e. The molecule has 164 valence electrons. The highest BCUT2D eigenvalue weighted by atomic mass is 19.1. The zero-order chi connectivity index (χ0) is 23.2. The summed E-state index contributed by atoms with van der Waals surface area (Å²) in [7, 11) is 0. The molecule has 0 bridgehead atoms. The molecule has 0 saturated heterocycles. The molecule has 0 aliphatic carbocycles. The lowest BCUT2D eigenvalue weighted by Gasteiger charge is -2.13. The molecule has 4 rings (SSSR count). The number of hydrogen-bond acceptors (Lipinski definition) is 7. The van der Waals surface area contributed by atoms with Crippen molar-refractivity contribution in [3.05, 3.63) is 91.7 Å². The number of halogens is 1. The van der Waals surface area contributed by atoms with Crippen LogP contribution in [0.3, 0.4) is 0 Å². The third-order valence-electron chi connectivity index (χ3n) is 4.40. The van der Waals surface area contributed by atoms with Crippen LogP contribution in [0.1, 0.15) is 0 Å². The predicted molar refractivity (Wildman–Crippen MR) is 121 cm³/mol. The Morgan fingerprint density at radius 3 is 2.55 bits per heavy atom. The summed E-state index contributed by atoms with van der Waals surface area (Å²) >= 11 is 0. The number of amides is 1. The van der Waals surface area contributed by atoms with E-state index in [0.29, 0.717) is 34.2 Å². The van der Waals surface area contributed by atoms with Crippen molar-refractivity contribution in [3.8, 4) is 34.4 Å². The largest absolute Gasteiger partial charge is 0.439 e. The average Bonchev–Trinajstić information content (AvgIpc) is 2.82. The van der Waals surface area contributed by atoms with E-state index in [9.17, 15) is 9.18 Å². The first kappa shape index (κ1) is 21.4. The summed E-state index contributed by atoms with van der Waals surface area (Å²) in [6.45, 7) is 3.43. The molecule has 0 fully saturated rings. The minimum atomic E-state index is -0.355. The van der Waals surface area contributed by atoms with Crippen molar-refractivity contribution in [3.63, 3.8) is 0 Å². The van der Waals surface area contributed by atoms with Crippen molar-refractivity contribution in [2.75, 3.05) is 11.1 Å². The van der Waals surface area contributed by atoms with E-state index in [1.165, 1.54) is 36.7 Å². The van der Waals surface area contributed by atoms with Crippen LogP contribution in [0, 0.1) is 5.82 Å². The first-order chi connectivity index (χ1) is 16.0. The number of pyridine rings is 1. The second-order valence-electron chi connectivity index (χ2n) is 6.70. The molecule has 0 spiro atoms. The van der Waals surface area contributed by atoms with Crippen LogP contribution in [0.4, 0.5) is 15.9 Å². The fraction of sp³-hybridized carbons (Fsp3) is 0. The zero-order valence-electron chi connectivity index (χ0n) is 17.2. The maximum Gasteiger partial charge on any atom is 0.247 e. The van der Waals surface area contributed by atoms with Crippen LogP contribution in [0.5, 0.6) is 23.3 Å². The van der Waals surface area contributed by atoms with Gasteiger partial charge in [0.25, 0.3) is 0 Å². The molecule has 2 aromatic carbocycles. The van der Waals surface area contributed by atoms with Crippen LogP contribution in [0.15, 0.2) is 85.8 Å². The molecule has 0 atom stereocenters. The Bertz CT molecular complexity index is 1290. The maximum absolute atomic E-state index is 13.1. The number of rotatable bonds is 7. The van der Waals surface area contributed by atoms with Gasteiger partial charge >= 0.3 is 0 Å². The first-order valence-electron chi connectivity index (χ1n) is 9.73. The van der Waals surface area contributed by atoms with Crippen molar-refractivity contribution in [1.29, 1.82) is 0 Å². The molecule has 9 heteroatoms. The Kier molecular flexibility index (Phi) is 6.21. The zero-order valence-corrected chi connectivity index (χ0v) is 17.2. The Labute approximate surface area is 188 Å². The third kappa shape index (κ3) is 5.28. The summed E-state index contributed by atoms with van der Waals surface area (Å²) in [5.74, 6) is 0.911. The number of carbonyl (C=O) groups excluding carboxylic acids is 1. The van der Waals surface area contributed by atoms with Gasteiger partial charge in [0.2, 0.25) is 17.7 Å². The highest BCUT2D eigenvalue weighted by Crippen LogP contribution is 2.35. The fourth-order valence-electron chi connectivity index (χ4n) is 2.89. The van der Waals surface area contributed by atoms with Crippen molar-refractivity contribution in [1.82, 2.24) is 15.0 Å². The van der Waals surface area contributed by atoms with E-state index < -0.39 is 0 Å². The Hall–Kier alpha value is -4.79. The Balaban J connectivity index is 1.58. The molecule has 0 radical (unpaired) electrons. The van der Waals surface area contributed by atoms with Crippen molar-refractivity contribution < 1.29 is 18.7 Å². The van der Waals surface area contributed by atoms with Gasteiger partial charge < -0.3 is 20.5 Å². The number of carbonyl (C=O) groups is 1. The summed E-state index contributed by atoms with van der Waals surface area (Å²) < 4.78 is 24.6. The second kappa shape index (κ2) is 9.56. The van der Waals surface area contributed by atoms with Crippen LogP contribution in [0.25, 0.3) is 11.1 Å². The molecule has 0 aliphatic rings. The molecule has 33 heavy (non-hydrogen) atoms. The van der Waals surface area contributed by atoms with Gasteiger partial charge in [-0.2, -0.15) is 0 Å². The van der Waals surface area contributed by atoms with Gasteiger partial charge in [0, 0.05) is 29.6 Å². The van der Waals surface area contributed by atoms with Crippen LogP contribution in [-0.2, 0) is 4.79 Å². The molecule has 3 N–H and O–H groups in total. The number of aromatic nitrogens is 3. The predicted octanol–water partition coefficient (Wildman–Crippen LogP) is 4.97. The van der Waals surface area contributed by atoms with Gasteiger partial charge in [0.05, 0.1) is 5.56 Å². The molecule has 8 nitrogen and oxygen atoms in total. The van der Waals surface area contributed by atoms with Gasteiger partial charge in [0.1, 0.15) is 29.5 Å². The van der Waals surface area contributed by atoms with E-state index in [2.05, 4.69) is 26.8 Å². The quantitative estimate of drug-likeness (QED) is 0.388. The third-order valence-corrected chi connectivity index (χ3v) is 4.40. The molecule has 4 aromatic rings. The number of hydrogen-bond donors (Lipinski definition) is 2. The van der Waals surface area contributed by atoms with E-state index in [0.717, 1.165) is 0 Å². The van der Waals surface area contributed by atoms with Crippen molar-refractivity contribution in [2.24, 2.45) is 0 Å². The topological polar surface area (TPSA) is 112 Å². The van der Waals surface area contributed by atoms with Crippen LogP contribution in [0.2, 0.25) is 0 Å². The monoisotopic (exact) mass is 443 g/mol. The van der Waals surface area contributed by atoms with Gasteiger partial charge in [-0.3, -0.25) is 4.79 Å². The highest BCUT2D eigenvalue weighted by molar-refractivity contribution is 5.98. The number of benzene rings is 2. The Morgan fingerprint density at radius 2 is 1.82 bits per heavy atom. The SMILES string of the molecule is C=CC(=O)Nc1cccc(Oc2ncnc(N)c2-c2ccc(Oc3ccc(F)cc3)nc2)c1. The lowest BCUT2D eigenvalue weighted by molar-refractivity contribution is -0.111. The summed E-state index contributed by atoms with van der Waals surface area (Å²) in [6, 6.07) is 15.8. The molecular formula is C24H18FN5O3.